The Labute approximate surface area is 190 Å². The second kappa shape index (κ2) is 9.48. The maximum Gasteiger partial charge on any atom is 0.255 e. The van der Waals surface area contributed by atoms with Gasteiger partial charge in [0.15, 0.2) is 16.9 Å². The van der Waals surface area contributed by atoms with Gasteiger partial charge in [-0.1, -0.05) is 12.1 Å². The molecule has 0 atom stereocenters. The molecule has 168 valence electrons. The number of ether oxygens (including phenoxy) is 3. The van der Waals surface area contributed by atoms with Crippen molar-refractivity contribution < 1.29 is 23.4 Å². The van der Waals surface area contributed by atoms with E-state index >= 15 is 0 Å². The summed E-state index contributed by atoms with van der Waals surface area (Å²) in [5, 5.41) is 3.24. The molecule has 0 aliphatic heterocycles. The molecule has 3 aromatic carbocycles. The summed E-state index contributed by atoms with van der Waals surface area (Å²) < 4.78 is 22.2. The molecular formula is C26H23NO6. The molecule has 1 heterocycles. The Morgan fingerprint density at radius 2 is 1.70 bits per heavy atom. The SMILES string of the molecule is CCOc1ccccc1-c1cc(=O)c2ccc(NC(=O)c3ccc(OC)c(OC)c3)cc2o1. The number of carbonyl (C=O) groups excluding carboxylic acids is 1. The van der Waals surface area contributed by atoms with E-state index in [1.165, 1.54) is 20.3 Å². The van der Waals surface area contributed by atoms with Gasteiger partial charge in [0.25, 0.3) is 5.91 Å². The molecule has 1 aromatic heterocycles. The highest BCUT2D eigenvalue weighted by atomic mass is 16.5. The smallest absolute Gasteiger partial charge is 0.255 e. The first-order valence-electron chi connectivity index (χ1n) is 10.4. The molecule has 4 rings (SSSR count). The number of rotatable bonds is 7. The van der Waals surface area contributed by atoms with Crippen LogP contribution in [0.1, 0.15) is 17.3 Å². The monoisotopic (exact) mass is 445 g/mol. The van der Waals surface area contributed by atoms with Crippen LogP contribution in [-0.4, -0.2) is 26.7 Å². The second-order valence-corrected chi connectivity index (χ2v) is 7.14. The first-order chi connectivity index (χ1) is 16.0. The van der Waals surface area contributed by atoms with Crippen molar-refractivity contribution in [2.45, 2.75) is 6.92 Å². The number of nitrogens with one attached hydrogen (secondary N) is 1. The van der Waals surface area contributed by atoms with E-state index in [9.17, 15) is 9.59 Å². The highest BCUT2D eigenvalue weighted by Gasteiger charge is 2.14. The lowest BCUT2D eigenvalue weighted by Gasteiger charge is -2.11. The molecule has 0 aliphatic carbocycles. The zero-order valence-electron chi connectivity index (χ0n) is 18.5. The Morgan fingerprint density at radius 3 is 2.45 bits per heavy atom. The Morgan fingerprint density at radius 1 is 0.909 bits per heavy atom. The van der Waals surface area contributed by atoms with E-state index in [0.29, 0.717) is 57.4 Å². The van der Waals surface area contributed by atoms with Gasteiger partial charge in [0.05, 0.1) is 31.8 Å². The third-order valence-corrected chi connectivity index (χ3v) is 5.09. The molecule has 0 saturated heterocycles. The summed E-state index contributed by atoms with van der Waals surface area (Å²) in [6.45, 7) is 2.38. The summed E-state index contributed by atoms with van der Waals surface area (Å²) in [7, 11) is 3.04. The number of anilines is 1. The number of para-hydroxylation sites is 1. The second-order valence-electron chi connectivity index (χ2n) is 7.14. The third-order valence-electron chi connectivity index (χ3n) is 5.09. The van der Waals surface area contributed by atoms with Crippen molar-refractivity contribution in [3.8, 4) is 28.6 Å². The number of hydrogen-bond acceptors (Lipinski definition) is 6. The molecule has 0 spiro atoms. The van der Waals surface area contributed by atoms with Gasteiger partial charge in [-0.05, 0) is 49.4 Å². The van der Waals surface area contributed by atoms with E-state index in [1.807, 2.05) is 31.2 Å². The van der Waals surface area contributed by atoms with Crippen LogP contribution in [0.4, 0.5) is 5.69 Å². The number of fused-ring (bicyclic) bond motifs is 1. The van der Waals surface area contributed by atoms with Crippen molar-refractivity contribution >= 4 is 22.6 Å². The Kier molecular flexibility index (Phi) is 6.31. The largest absolute Gasteiger partial charge is 0.493 e. The van der Waals surface area contributed by atoms with Gasteiger partial charge in [0.2, 0.25) is 0 Å². The minimum atomic E-state index is -0.338. The van der Waals surface area contributed by atoms with Crippen LogP contribution in [0.25, 0.3) is 22.3 Å². The molecule has 0 unspecified atom stereocenters. The minimum Gasteiger partial charge on any atom is -0.493 e. The number of benzene rings is 3. The first-order valence-corrected chi connectivity index (χ1v) is 10.4. The predicted molar refractivity (Wildman–Crippen MR) is 127 cm³/mol. The van der Waals surface area contributed by atoms with Crippen LogP contribution in [0.3, 0.4) is 0 Å². The maximum atomic E-state index is 12.8. The van der Waals surface area contributed by atoms with E-state index in [0.717, 1.165) is 0 Å². The minimum absolute atomic E-state index is 0.185. The van der Waals surface area contributed by atoms with Gasteiger partial charge in [0, 0.05) is 23.4 Å². The summed E-state index contributed by atoms with van der Waals surface area (Å²) >= 11 is 0. The lowest BCUT2D eigenvalue weighted by molar-refractivity contribution is 0.102. The van der Waals surface area contributed by atoms with Crippen LogP contribution < -0.4 is 25.0 Å². The van der Waals surface area contributed by atoms with Crippen molar-refractivity contribution in [2.24, 2.45) is 0 Å². The average molecular weight is 445 g/mol. The average Bonchev–Trinajstić information content (AvgIpc) is 2.83. The molecular weight excluding hydrogens is 422 g/mol. The van der Waals surface area contributed by atoms with E-state index in [4.69, 9.17) is 18.6 Å². The van der Waals surface area contributed by atoms with Gasteiger partial charge in [-0.2, -0.15) is 0 Å². The summed E-state index contributed by atoms with van der Waals surface area (Å²) in [5.41, 5.74) is 1.73. The Balaban J connectivity index is 1.68. The van der Waals surface area contributed by atoms with Crippen LogP contribution in [0, 0.1) is 0 Å². The molecule has 7 heteroatoms. The Hall–Kier alpha value is -4.26. The summed E-state index contributed by atoms with van der Waals surface area (Å²) in [6, 6.07) is 18.6. The highest BCUT2D eigenvalue weighted by Crippen LogP contribution is 2.32. The van der Waals surface area contributed by atoms with E-state index in [-0.39, 0.29) is 11.3 Å². The fourth-order valence-corrected chi connectivity index (χ4v) is 3.50. The standard InChI is InChI=1S/C26H23NO6/c1-4-32-21-8-6-5-7-19(21)24-15-20(28)18-11-10-17(14-23(18)33-24)27-26(29)16-9-12-22(30-2)25(13-16)31-3/h5-15H,4H2,1-3H3,(H,27,29). The van der Waals surface area contributed by atoms with Gasteiger partial charge in [-0.25, -0.2) is 0 Å². The quantitative estimate of drug-likeness (QED) is 0.424. The van der Waals surface area contributed by atoms with Crippen LogP contribution in [0.2, 0.25) is 0 Å². The lowest BCUT2D eigenvalue weighted by atomic mass is 10.1. The molecule has 33 heavy (non-hydrogen) atoms. The number of methoxy groups -OCH3 is 2. The van der Waals surface area contributed by atoms with Crippen molar-refractivity contribution in [3.63, 3.8) is 0 Å². The number of hydrogen-bond donors (Lipinski definition) is 1. The zero-order valence-corrected chi connectivity index (χ0v) is 18.5. The van der Waals surface area contributed by atoms with Gasteiger partial charge < -0.3 is 23.9 Å². The normalized spacial score (nSPS) is 10.6. The number of amides is 1. The molecule has 0 aliphatic rings. The highest BCUT2D eigenvalue weighted by molar-refractivity contribution is 6.05. The fraction of sp³-hybridized carbons (Fsp3) is 0.154. The van der Waals surface area contributed by atoms with Crippen LogP contribution in [0.5, 0.6) is 17.2 Å². The van der Waals surface area contributed by atoms with Crippen LogP contribution in [-0.2, 0) is 0 Å². The maximum absolute atomic E-state index is 12.8. The van der Waals surface area contributed by atoms with Crippen molar-refractivity contribution in [2.75, 3.05) is 26.1 Å². The molecule has 4 aromatic rings. The fourth-order valence-electron chi connectivity index (χ4n) is 3.50. The topological polar surface area (TPSA) is 87.0 Å². The van der Waals surface area contributed by atoms with Gasteiger partial charge in [-0.3, -0.25) is 9.59 Å². The van der Waals surface area contributed by atoms with Crippen LogP contribution in [0.15, 0.2) is 75.9 Å². The lowest BCUT2D eigenvalue weighted by Crippen LogP contribution is -2.12. The van der Waals surface area contributed by atoms with Gasteiger partial charge in [0.1, 0.15) is 17.1 Å². The summed E-state index contributed by atoms with van der Waals surface area (Å²) in [5.74, 6) is 1.66. The molecule has 0 bridgehead atoms. The molecule has 1 N–H and O–H groups in total. The van der Waals surface area contributed by atoms with Crippen molar-refractivity contribution in [1.29, 1.82) is 0 Å². The predicted octanol–water partition coefficient (Wildman–Crippen LogP) is 5.13. The Bertz CT molecular complexity index is 1380. The van der Waals surface area contributed by atoms with Gasteiger partial charge in [-0.15, -0.1) is 0 Å². The molecule has 0 radical (unpaired) electrons. The molecule has 7 nitrogen and oxygen atoms in total. The summed E-state index contributed by atoms with van der Waals surface area (Å²) in [4.78, 5) is 25.5. The van der Waals surface area contributed by atoms with Gasteiger partial charge >= 0.3 is 0 Å². The van der Waals surface area contributed by atoms with E-state index in [2.05, 4.69) is 5.32 Å². The third kappa shape index (κ3) is 4.52. The first kappa shape index (κ1) is 22.0. The zero-order chi connectivity index (χ0) is 23.4. The van der Waals surface area contributed by atoms with E-state index in [1.54, 1.807) is 36.4 Å². The molecule has 0 saturated carbocycles. The number of carbonyl (C=O) groups is 1. The van der Waals surface area contributed by atoms with Crippen LogP contribution >= 0.6 is 0 Å². The molecule has 0 fully saturated rings. The van der Waals surface area contributed by atoms with E-state index < -0.39 is 0 Å². The van der Waals surface area contributed by atoms with Crippen molar-refractivity contribution in [1.82, 2.24) is 0 Å². The van der Waals surface area contributed by atoms with Crippen molar-refractivity contribution in [3.05, 3.63) is 82.5 Å². The summed E-state index contributed by atoms with van der Waals surface area (Å²) in [6.07, 6.45) is 0. The molecule has 1 amide bonds.